The van der Waals surface area contributed by atoms with Gasteiger partial charge in [-0.25, -0.2) is 4.79 Å². The molecule has 0 radical (unpaired) electrons. The minimum atomic E-state index is -0.204. The lowest BCUT2D eigenvalue weighted by Crippen LogP contribution is -2.43. The summed E-state index contributed by atoms with van der Waals surface area (Å²) in [4.78, 5) is 12.8. The number of carbonyl (C=O) groups is 1. The van der Waals surface area contributed by atoms with Gasteiger partial charge >= 0.3 is 5.97 Å². The van der Waals surface area contributed by atoms with Gasteiger partial charge in [-0.15, -0.1) is 0 Å². The van der Waals surface area contributed by atoms with E-state index in [-0.39, 0.29) is 17.9 Å². The van der Waals surface area contributed by atoms with Crippen molar-refractivity contribution in [2.45, 2.75) is 44.6 Å². The highest BCUT2D eigenvalue weighted by molar-refractivity contribution is 5.89. The highest BCUT2D eigenvalue weighted by Crippen LogP contribution is 2.58. The zero-order valence-electron chi connectivity index (χ0n) is 14.3. The Balaban J connectivity index is 1.86. The van der Waals surface area contributed by atoms with Crippen LogP contribution in [0.5, 0.6) is 0 Å². The Hall–Kier alpha value is -2.03. The van der Waals surface area contributed by atoms with Gasteiger partial charge in [0.2, 0.25) is 0 Å². The van der Waals surface area contributed by atoms with E-state index >= 15 is 0 Å². The number of hydrogen-bond acceptors (Lipinski definition) is 2. The third kappa shape index (κ3) is 1.65. The molecule has 0 N–H and O–H groups in total. The molecule has 2 bridgehead atoms. The molecular weight excluding hydrogens is 298 g/mol. The fraction of sp³-hybridized carbons (Fsp3) is 0.476. The van der Waals surface area contributed by atoms with Crippen molar-refractivity contribution in [3.8, 4) is 0 Å². The van der Waals surface area contributed by atoms with Crippen LogP contribution in [0, 0.1) is 11.8 Å². The molecule has 24 heavy (non-hydrogen) atoms. The van der Waals surface area contributed by atoms with Crippen LogP contribution in [-0.2, 0) is 16.0 Å². The van der Waals surface area contributed by atoms with Crippen LogP contribution in [0.25, 0.3) is 10.9 Å². The maximum absolute atomic E-state index is 12.8. The number of benzene rings is 1. The predicted molar refractivity (Wildman–Crippen MR) is 94.0 cm³/mol. The van der Waals surface area contributed by atoms with E-state index in [9.17, 15) is 4.79 Å². The molecule has 0 saturated heterocycles. The minimum absolute atomic E-state index is 0.0922. The number of para-hydroxylation sites is 1. The molecular formula is C21H23NO2. The van der Waals surface area contributed by atoms with E-state index in [1.807, 2.05) is 0 Å². The van der Waals surface area contributed by atoms with Crippen LogP contribution >= 0.6 is 0 Å². The van der Waals surface area contributed by atoms with Crippen LogP contribution in [0.2, 0.25) is 0 Å². The molecule has 4 unspecified atom stereocenters. The van der Waals surface area contributed by atoms with Gasteiger partial charge < -0.3 is 9.30 Å². The highest BCUT2D eigenvalue weighted by atomic mass is 16.5. The molecule has 2 heterocycles. The number of esters is 1. The second-order valence-electron chi connectivity index (χ2n) is 7.53. The Labute approximate surface area is 142 Å². The second kappa shape index (κ2) is 4.98. The van der Waals surface area contributed by atoms with Crippen LogP contribution in [0.1, 0.15) is 49.4 Å². The first kappa shape index (κ1) is 14.3. The number of methoxy groups -OCH3 is 1. The lowest BCUT2D eigenvalue weighted by atomic mass is 9.61. The number of fused-ring (bicyclic) bond motifs is 4. The van der Waals surface area contributed by atoms with Crippen LogP contribution < -0.4 is 0 Å². The van der Waals surface area contributed by atoms with Crippen molar-refractivity contribution in [3.63, 3.8) is 0 Å². The Bertz CT molecular complexity index is 875. The maximum atomic E-state index is 12.8. The SMILES string of the molecule is CC=C1CC2CCc3c4n(c5ccccc35)C(C(=O)OC)C1CC42. The highest BCUT2D eigenvalue weighted by Gasteiger charge is 2.50. The zero-order valence-corrected chi connectivity index (χ0v) is 14.3. The number of carbonyl (C=O) groups excluding carboxylic acids is 1. The molecule has 3 nitrogen and oxygen atoms in total. The Kier molecular flexibility index (Phi) is 2.97. The van der Waals surface area contributed by atoms with E-state index in [0.29, 0.717) is 5.92 Å². The average molecular weight is 321 g/mol. The van der Waals surface area contributed by atoms with Gasteiger partial charge in [-0.2, -0.15) is 0 Å². The summed E-state index contributed by atoms with van der Waals surface area (Å²) in [6.45, 7) is 2.13. The Morgan fingerprint density at radius 2 is 2.12 bits per heavy atom. The zero-order chi connectivity index (χ0) is 16.4. The van der Waals surface area contributed by atoms with E-state index < -0.39 is 0 Å². The number of rotatable bonds is 1. The molecule has 1 aromatic heterocycles. The van der Waals surface area contributed by atoms with E-state index in [0.717, 1.165) is 25.2 Å². The molecule has 0 spiro atoms. The van der Waals surface area contributed by atoms with Gasteiger partial charge in [0, 0.05) is 28.4 Å². The van der Waals surface area contributed by atoms with Crippen LogP contribution in [0.15, 0.2) is 35.9 Å². The lowest BCUT2D eigenvalue weighted by Gasteiger charge is -2.48. The summed E-state index contributed by atoms with van der Waals surface area (Å²) in [5, 5.41) is 1.34. The van der Waals surface area contributed by atoms with E-state index in [4.69, 9.17) is 4.74 Å². The summed E-state index contributed by atoms with van der Waals surface area (Å²) in [5.74, 6) is 1.54. The number of ether oxygens (including phenoxy) is 1. The smallest absolute Gasteiger partial charge is 0.329 e. The maximum Gasteiger partial charge on any atom is 0.329 e. The van der Waals surface area contributed by atoms with Gasteiger partial charge in [0.05, 0.1) is 7.11 Å². The van der Waals surface area contributed by atoms with E-state index in [2.05, 4.69) is 41.8 Å². The van der Waals surface area contributed by atoms with Gasteiger partial charge in [0.25, 0.3) is 0 Å². The summed E-state index contributed by atoms with van der Waals surface area (Å²) in [6, 6.07) is 8.41. The van der Waals surface area contributed by atoms with Gasteiger partial charge in [0.1, 0.15) is 6.04 Å². The van der Waals surface area contributed by atoms with Crippen LogP contribution in [0.3, 0.4) is 0 Å². The van der Waals surface area contributed by atoms with Crippen molar-refractivity contribution in [2.75, 3.05) is 7.11 Å². The second-order valence-corrected chi connectivity index (χ2v) is 7.53. The first-order valence-corrected chi connectivity index (χ1v) is 9.09. The summed E-state index contributed by atoms with van der Waals surface area (Å²) >= 11 is 0. The molecule has 1 saturated carbocycles. The topological polar surface area (TPSA) is 31.2 Å². The van der Waals surface area contributed by atoms with Gasteiger partial charge in [0.15, 0.2) is 0 Å². The first-order chi connectivity index (χ1) is 11.7. The molecule has 5 rings (SSSR count). The van der Waals surface area contributed by atoms with Gasteiger partial charge in [-0.3, -0.25) is 0 Å². The van der Waals surface area contributed by atoms with Crippen LogP contribution in [-0.4, -0.2) is 17.6 Å². The summed E-state index contributed by atoms with van der Waals surface area (Å²) in [6.07, 6.45) is 6.93. The van der Waals surface area contributed by atoms with Gasteiger partial charge in [-0.05, 0) is 50.2 Å². The first-order valence-electron chi connectivity index (χ1n) is 9.09. The molecule has 1 aromatic carbocycles. The minimum Gasteiger partial charge on any atom is -0.467 e. The fourth-order valence-corrected chi connectivity index (χ4v) is 5.73. The molecule has 1 aliphatic heterocycles. The molecule has 2 aliphatic carbocycles. The summed E-state index contributed by atoms with van der Waals surface area (Å²) in [5.41, 5.74) is 5.60. The molecule has 3 aliphatic rings. The quantitative estimate of drug-likeness (QED) is 0.577. The van der Waals surface area contributed by atoms with Crippen molar-refractivity contribution in [1.82, 2.24) is 4.57 Å². The van der Waals surface area contributed by atoms with Crippen molar-refractivity contribution >= 4 is 16.9 Å². The standard InChI is InChI=1S/C21H23NO2/c1-3-12-10-13-8-9-15-14-6-4-5-7-18(14)22-19(15)17(13)11-16(12)20(22)21(23)24-2/h3-7,13,16-17,20H,8-11H2,1-2H3. The lowest BCUT2D eigenvalue weighted by molar-refractivity contribution is -0.147. The third-order valence-electron chi connectivity index (χ3n) is 6.70. The van der Waals surface area contributed by atoms with Crippen molar-refractivity contribution < 1.29 is 9.53 Å². The van der Waals surface area contributed by atoms with Gasteiger partial charge in [-0.1, -0.05) is 29.8 Å². The number of allylic oxidation sites excluding steroid dienone is 2. The summed E-state index contributed by atoms with van der Waals surface area (Å²) < 4.78 is 7.60. The third-order valence-corrected chi connectivity index (χ3v) is 6.70. The van der Waals surface area contributed by atoms with E-state index in [1.165, 1.54) is 41.3 Å². The van der Waals surface area contributed by atoms with Crippen LogP contribution in [0.4, 0.5) is 0 Å². The van der Waals surface area contributed by atoms with E-state index in [1.54, 1.807) is 0 Å². The molecule has 4 atom stereocenters. The monoisotopic (exact) mass is 321 g/mol. The molecule has 2 aromatic rings. The number of aromatic nitrogens is 1. The Morgan fingerprint density at radius 3 is 2.92 bits per heavy atom. The van der Waals surface area contributed by atoms with Crippen molar-refractivity contribution in [1.29, 1.82) is 0 Å². The molecule has 3 heteroatoms. The normalized spacial score (nSPS) is 32.2. The number of nitrogens with zero attached hydrogens (tertiary/aromatic N) is 1. The molecule has 0 amide bonds. The predicted octanol–water partition coefficient (Wildman–Crippen LogP) is 4.37. The largest absolute Gasteiger partial charge is 0.467 e. The Morgan fingerprint density at radius 1 is 1.29 bits per heavy atom. The molecule has 1 fully saturated rings. The number of aryl methyl sites for hydroxylation is 1. The summed E-state index contributed by atoms with van der Waals surface area (Å²) in [7, 11) is 1.52. The average Bonchev–Trinajstić information content (AvgIpc) is 2.96. The molecule has 124 valence electrons. The fourth-order valence-electron chi connectivity index (χ4n) is 5.73. The number of hydrogen-bond donors (Lipinski definition) is 0. The van der Waals surface area contributed by atoms with Crippen molar-refractivity contribution in [3.05, 3.63) is 47.2 Å². The van der Waals surface area contributed by atoms with Crippen molar-refractivity contribution in [2.24, 2.45) is 11.8 Å².